The maximum absolute atomic E-state index is 12.1. The van der Waals surface area contributed by atoms with E-state index in [-0.39, 0.29) is 11.8 Å². The normalized spacial score (nSPS) is 32.4. The third-order valence-electron chi connectivity index (χ3n) is 4.38. The number of rotatable bonds is 2. The molecule has 1 saturated carbocycles. The number of hydrogen-bond donors (Lipinski definition) is 2. The third-order valence-corrected chi connectivity index (χ3v) is 4.38. The van der Waals surface area contributed by atoms with Crippen LogP contribution in [0.1, 0.15) is 19.3 Å². The predicted octanol–water partition coefficient (Wildman–Crippen LogP) is -0.260. The van der Waals surface area contributed by atoms with Crippen LogP contribution in [0.5, 0.6) is 0 Å². The van der Waals surface area contributed by atoms with Crippen LogP contribution in [-0.2, 0) is 9.53 Å². The second-order valence-corrected chi connectivity index (χ2v) is 5.44. The van der Waals surface area contributed by atoms with E-state index in [0.717, 1.165) is 58.7 Å². The van der Waals surface area contributed by atoms with Crippen LogP contribution >= 0.6 is 0 Å². The zero-order chi connectivity index (χ0) is 11.7. The van der Waals surface area contributed by atoms with Gasteiger partial charge in [0.25, 0.3) is 0 Å². The molecule has 2 aliphatic heterocycles. The topological polar surface area (TPSA) is 53.6 Å². The summed E-state index contributed by atoms with van der Waals surface area (Å²) in [6, 6.07) is 0. The number of carbonyl (C=O) groups is 1. The van der Waals surface area contributed by atoms with E-state index in [9.17, 15) is 4.79 Å². The third kappa shape index (κ3) is 2.32. The first-order valence-corrected chi connectivity index (χ1v) is 6.64. The molecule has 3 aliphatic rings. The molecule has 0 radical (unpaired) electrons. The number of nitrogens with zero attached hydrogens (tertiary/aromatic N) is 1. The van der Waals surface area contributed by atoms with Gasteiger partial charge < -0.3 is 10.1 Å². The van der Waals surface area contributed by atoms with Crippen LogP contribution in [0.15, 0.2) is 0 Å². The summed E-state index contributed by atoms with van der Waals surface area (Å²) in [6.45, 7) is 5.21. The Kier molecular flexibility index (Phi) is 3.06. The Balaban J connectivity index is 1.50. The van der Waals surface area contributed by atoms with Crippen molar-refractivity contribution in [2.75, 3.05) is 39.4 Å². The zero-order valence-electron chi connectivity index (χ0n) is 10.2. The molecular weight excluding hydrogens is 218 g/mol. The van der Waals surface area contributed by atoms with Gasteiger partial charge in [-0.2, -0.15) is 0 Å². The van der Waals surface area contributed by atoms with Crippen molar-refractivity contribution in [3.05, 3.63) is 0 Å². The van der Waals surface area contributed by atoms with Gasteiger partial charge in [0.1, 0.15) is 0 Å². The van der Waals surface area contributed by atoms with Crippen molar-refractivity contribution in [3.63, 3.8) is 0 Å². The Morgan fingerprint density at radius 3 is 2.71 bits per heavy atom. The number of hydrazine groups is 1. The standard InChI is InChI=1S/C12H21N3O2/c16-11(14-15-5-7-17-8-6-15)10-9-12(10)1-3-13-4-2-12/h10,13H,1-9H2,(H,14,16). The van der Waals surface area contributed by atoms with Gasteiger partial charge in [0.05, 0.1) is 13.2 Å². The molecular formula is C12H21N3O2. The summed E-state index contributed by atoms with van der Waals surface area (Å²) in [6.07, 6.45) is 3.41. The maximum atomic E-state index is 12.1. The van der Waals surface area contributed by atoms with Crippen LogP contribution in [-0.4, -0.2) is 50.3 Å². The van der Waals surface area contributed by atoms with Crippen LogP contribution in [0, 0.1) is 11.3 Å². The van der Waals surface area contributed by atoms with E-state index in [4.69, 9.17) is 4.74 Å². The molecule has 2 N–H and O–H groups in total. The molecule has 3 rings (SSSR count). The molecule has 5 heteroatoms. The zero-order valence-corrected chi connectivity index (χ0v) is 10.2. The van der Waals surface area contributed by atoms with E-state index in [0.29, 0.717) is 5.41 Å². The lowest BCUT2D eigenvalue weighted by Crippen LogP contribution is -2.49. The highest BCUT2D eigenvalue weighted by Crippen LogP contribution is 2.58. The lowest BCUT2D eigenvalue weighted by atomic mass is 9.92. The summed E-state index contributed by atoms with van der Waals surface area (Å²) >= 11 is 0. The quantitative estimate of drug-likeness (QED) is 0.697. The smallest absolute Gasteiger partial charge is 0.237 e. The molecule has 0 aromatic rings. The van der Waals surface area contributed by atoms with Crippen LogP contribution < -0.4 is 10.7 Å². The Bertz CT molecular complexity index is 296. The van der Waals surface area contributed by atoms with Gasteiger partial charge in [0.15, 0.2) is 0 Å². The largest absolute Gasteiger partial charge is 0.379 e. The van der Waals surface area contributed by atoms with E-state index in [1.54, 1.807) is 0 Å². The van der Waals surface area contributed by atoms with Crippen molar-refractivity contribution < 1.29 is 9.53 Å². The fraction of sp³-hybridized carbons (Fsp3) is 0.917. The molecule has 2 heterocycles. The summed E-state index contributed by atoms with van der Waals surface area (Å²) in [5.74, 6) is 0.487. The van der Waals surface area contributed by atoms with E-state index >= 15 is 0 Å². The van der Waals surface area contributed by atoms with Crippen LogP contribution in [0.4, 0.5) is 0 Å². The second kappa shape index (κ2) is 4.55. The summed E-state index contributed by atoms with van der Waals surface area (Å²) in [5.41, 5.74) is 3.38. The van der Waals surface area contributed by atoms with Gasteiger partial charge in [0.2, 0.25) is 5.91 Å². The Hall–Kier alpha value is -0.650. The highest BCUT2D eigenvalue weighted by atomic mass is 16.5. The van der Waals surface area contributed by atoms with Gasteiger partial charge in [-0.15, -0.1) is 0 Å². The van der Waals surface area contributed by atoms with Crippen LogP contribution in [0.25, 0.3) is 0 Å². The average Bonchev–Trinajstić information content (AvgIpc) is 3.05. The minimum atomic E-state index is 0.230. The fourth-order valence-electron chi connectivity index (χ4n) is 3.10. The highest BCUT2D eigenvalue weighted by molar-refractivity contribution is 5.82. The number of ether oxygens (including phenoxy) is 1. The Labute approximate surface area is 102 Å². The van der Waals surface area contributed by atoms with Crippen molar-refractivity contribution in [2.45, 2.75) is 19.3 Å². The molecule has 0 bridgehead atoms. The first kappa shape index (κ1) is 11.4. The lowest BCUT2D eigenvalue weighted by Gasteiger charge is -2.28. The van der Waals surface area contributed by atoms with Gasteiger partial charge in [-0.25, -0.2) is 5.01 Å². The van der Waals surface area contributed by atoms with Crippen molar-refractivity contribution in [3.8, 4) is 0 Å². The molecule has 0 aromatic carbocycles. The van der Waals surface area contributed by atoms with Crippen LogP contribution in [0.3, 0.4) is 0 Å². The number of morpholine rings is 1. The summed E-state index contributed by atoms with van der Waals surface area (Å²) in [7, 11) is 0. The molecule has 5 nitrogen and oxygen atoms in total. The molecule has 1 spiro atoms. The summed E-state index contributed by atoms with van der Waals surface area (Å²) in [4.78, 5) is 12.1. The monoisotopic (exact) mass is 239 g/mol. The predicted molar refractivity (Wildman–Crippen MR) is 63.2 cm³/mol. The van der Waals surface area contributed by atoms with Gasteiger partial charge >= 0.3 is 0 Å². The number of amides is 1. The van der Waals surface area contributed by atoms with Crippen molar-refractivity contribution in [2.24, 2.45) is 11.3 Å². The van der Waals surface area contributed by atoms with E-state index < -0.39 is 0 Å². The minimum absolute atomic E-state index is 0.230. The molecule has 3 fully saturated rings. The number of hydrogen-bond acceptors (Lipinski definition) is 4. The molecule has 2 saturated heterocycles. The van der Waals surface area contributed by atoms with Gasteiger partial charge in [-0.1, -0.05) is 0 Å². The van der Waals surface area contributed by atoms with E-state index in [1.165, 1.54) is 0 Å². The first-order chi connectivity index (χ1) is 8.30. The van der Waals surface area contributed by atoms with Crippen molar-refractivity contribution in [1.29, 1.82) is 0 Å². The van der Waals surface area contributed by atoms with Crippen molar-refractivity contribution >= 4 is 5.91 Å². The van der Waals surface area contributed by atoms with Gasteiger partial charge in [-0.3, -0.25) is 10.2 Å². The molecule has 0 aromatic heterocycles. The fourth-order valence-corrected chi connectivity index (χ4v) is 3.10. The van der Waals surface area contributed by atoms with Gasteiger partial charge in [0, 0.05) is 19.0 Å². The molecule has 1 unspecified atom stereocenters. The van der Waals surface area contributed by atoms with Gasteiger partial charge in [-0.05, 0) is 37.8 Å². The molecule has 17 heavy (non-hydrogen) atoms. The number of nitrogens with one attached hydrogen (secondary N) is 2. The minimum Gasteiger partial charge on any atom is -0.379 e. The number of carbonyl (C=O) groups excluding carboxylic acids is 1. The summed E-state index contributed by atoms with van der Waals surface area (Å²) < 4.78 is 5.27. The van der Waals surface area contributed by atoms with E-state index in [2.05, 4.69) is 10.7 Å². The molecule has 1 amide bonds. The SMILES string of the molecule is O=C(NN1CCOCC1)C1CC12CCNCC2. The highest BCUT2D eigenvalue weighted by Gasteiger charge is 2.57. The second-order valence-electron chi connectivity index (χ2n) is 5.44. The van der Waals surface area contributed by atoms with E-state index in [1.807, 2.05) is 5.01 Å². The maximum Gasteiger partial charge on any atom is 0.237 e. The number of piperidine rings is 1. The van der Waals surface area contributed by atoms with Crippen molar-refractivity contribution in [1.82, 2.24) is 15.8 Å². The first-order valence-electron chi connectivity index (χ1n) is 6.64. The molecule has 1 atom stereocenters. The Morgan fingerprint density at radius 2 is 2.00 bits per heavy atom. The molecule has 96 valence electrons. The average molecular weight is 239 g/mol. The lowest BCUT2D eigenvalue weighted by molar-refractivity contribution is -0.130. The summed E-state index contributed by atoms with van der Waals surface area (Å²) in [5, 5.41) is 5.36. The Morgan fingerprint density at radius 1 is 1.29 bits per heavy atom. The molecule has 1 aliphatic carbocycles. The van der Waals surface area contributed by atoms with Crippen LogP contribution in [0.2, 0.25) is 0 Å².